The molecule has 298 valence electrons. The van der Waals surface area contributed by atoms with Gasteiger partial charge < -0.3 is 33.8 Å². The van der Waals surface area contributed by atoms with E-state index in [1.54, 1.807) is 42.3 Å². The Kier molecular flexibility index (Phi) is 45.6. The third-order valence-corrected chi connectivity index (χ3v) is 8.35. The number of Topliss-reactive ketones (excluding diaryl/α,β-unsaturated/α-hetero) is 1. The molecule has 1 N–H and O–H groups in total. The number of hydrogen-bond donors (Lipinski definition) is 1. The maximum Gasteiger partial charge on any atom is 0.333 e. The highest BCUT2D eigenvalue weighted by molar-refractivity contribution is 5.86. The third kappa shape index (κ3) is 46.2. The molecular formula is C41H81NO8. The Morgan fingerprint density at radius 3 is 1.40 bits per heavy atom. The van der Waals surface area contributed by atoms with Gasteiger partial charge in [0.1, 0.15) is 5.78 Å². The van der Waals surface area contributed by atoms with Crippen molar-refractivity contribution in [1.29, 1.82) is 0 Å². The Balaban J connectivity index is -0.000000692. The predicted octanol–water partition coefficient (Wildman–Crippen LogP) is 9.73. The number of hydrogen-bond acceptors (Lipinski definition) is 8. The number of amides is 1. The number of unbranched alkanes of at least 4 members (excludes halogenated alkanes) is 17. The summed E-state index contributed by atoms with van der Waals surface area (Å²) in [5, 5.41) is 2.76. The largest absolute Gasteiger partial charge is 0.462 e. The molecule has 1 amide bonds. The first-order valence-electron chi connectivity index (χ1n) is 19.7. The minimum atomic E-state index is -0.364. The average Bonchev–Trinajstić information content (AvgIpc) is 3.08. The Bertz CT molecular complexity index is 741. The van der Waals surface area contributed by atoms with Gasteiger partial charge in [-0.2, -0.15) is 0 Å². The number of ether oxygens (including phenoxy) is 5. The molecule has 0 rings (SSSR count). The van der Waals surface area contributed by atoms with Crippen molar-refractivity contribution in [3.05, 3.63) is 12.2 Å². The summed E-state index contributed by atoms with van der Waals surface area (Å²) < 4.78 is 25.4. The Hall–Kier alpha value is -1.81. The predicted molar refractivity (Wildman–Crippen MR) is 208 cm³/mol. The van der Waals surface area contributed by atoms with Gasteiger partial charge in [0.25, 0.3) is 0 Å². The van der Waals surface area contributed by atoms with Crippen molar-refractivity contribution < 1.29 is 38.1 Å². The molecule has 0 aromatic heterocycles. The SMILES string of the molecule is C=C(C)C(=O)OCCC(COC)OC.CC(=O)CCCCCCCNC(C)=O.CCCCCCCCCCCCCCCCC(COC)OC. The molecule has 2 atom stereocenters. The van der Waals surface area contributed by atoms with Crippen LogP contribution in [-0.2, 0) is 38.1 Å². The first-order chi connectivity index (χ1) is 24.1. The van der Waals surface area contributed by atoms with Crippen LogP contribution in [0.1, 0.15) is 169 Å². The zero-order chi connectivity index (χ0) is 38.1. The smallest absolute Gasteiger partial charge is 0.333 e. The highest BCUT2D eigenvalue weighted by atomic mass is 16.5. The van der Waals surface area contributed by atoms with Gasteiger partial charge in [0.2, 0.25) is 5.91 Å². The van der Waals surface area contributed by atoms with Gasteiger partial charge in [-0.05, 0) is 33.1 Å². The highest BCUT2D eigenvalue weighted by Crippen LogP contribution is 2.14. The number of ketones is 1. The molecule has 0 aliphatic carbocycles. The maximum atomic E-state index is 11.0. The molecule has 0 fully saturated rings. The lowest BCUT2D eigenvalue weighted by Crippen LogP contribution is -2.20. The van der Waals surface area contributed by atoms with Crippen LogP contribution in [0.25, 0.3) is 0 Å². The van der Waals surface area contributed by atoms with E-state index in [2.05, 4.69) is 18.8 Å². The van der Waals surface area contributed by atoms with E-state index in [4.69, 9.17) is 23.7 Å². The molecule has 0 aliphatic rings. The third-order valence-electron chi connectivity index (χ3n) is 8.35. The van der Waals surface area contributed by atoms with E-state index >= 15 is 0 Å². The number of nitrogens with one attached hydrogen (secondary N) is 1. The summed E-state index contributed by atoms with van der Waals surface area (Å²) in [5.41, 5.74) is 0.408. The molecule has 9 heteroatoms. The van der Waals surface area contributed by atoms with E-state index in [1.807, 2.05) is 0 Å². The number of esters is 1. The second kappa shape index (κ2) is 43.4. The zero-order valence-electron chi connectivity index (χ0n) is 34.0. The van der Waals surface area contributed by atoms with Crippen molar-refractivity contribution in [2.24, 2.45) is 0 Å². The van der Waals surface area contributed by atoms with Crippen LogP contribution in [0, 0.1) is 0 Å². The molecule has 0 aliphatic heterocycles. The summed E-state index contributed by atoms with van der Waals surface area (Å²) in [6.07, 6.45) is 28.0. The number of carbonyl (C=O) groups excluding carboxylic acids is 3. The van der Waals surface area contributed by atoms with E-state index in [0.717, 1.165) is 51.7 Å². The second-order valence-corrected chi connectivity index (χ2v) is 13.4. The number of methoxy groups -OCH3 is 4. The van der Waals surface area contributed by atoms with Gasteiger partial charge in [-0.3, -0.25) is 4.79 Å². The van der Waals surface area contributed by atoms with Crippen LogP contribution in [0.3, 0.4) is 0 Å². The van der Waals surface area contributed by atoms with Crippen molar-refractivity contribution >= 4 is 17.7 Å². The van der Waals surface area contributed by atoms with Crippen molar-refractivity contribution in [3.63, 3.8) is 0 Å². The van der Waals surface area contributed by atoms with Gasteiger partial charge in [-0.25, -0.2) is 4.79 Å². The summed E-state index contributed by atoms with van der Waals surface area (Å²) in [5.74, 6) is -0.0397. The normalized spacial score (nSPS) is 11.8. The molecule has 0 aromatic carbocycles. The van der Waals surface area contributed by atoms with Gasteiger partial charge in [0.15, 0.2) is 0 Å². The van der Waals surface area contributed by atoms with Gasteiger partial charge in [0.05, 0.1) is 32.0 Å². The highest BCUT2D eigenvalue weighted by Gasteiger charge is 2.09. The molecule has 0 saturated carbocycles. The van der Waals surface area contributed by atoms with Crippen LogP contribution < -0.4 is 5.32 Å². The zero-order valence-corrected chi connectivity index (χ0v) is 34.0. The lowest BCUT2D eigenvalue weighted by molar-refractivity contribution is -0.140. The van der Waals surface area contributed by atoms with Gasteiger partial charge in [0, 0.05) is 60.3 Å². The van der Waals surface area contributed by atoms with Crippen LogP contribution in [0.5, 0.6) is 0 Å². The van der Waals surface area contributed by atoms with E-state index in [1.165, 1.54) is 96.8 Å². The van der Waals surface area contributed by atoms with E-state index < -0.39 is 0 Å². The average molecular weight is 716 g/mol. The molecule has 0 aromatic rings. The first kappa shape index (κ1) is 52.5. The summed E-state index contributed by atoms with van der Waals surface area (Å²) in [6.45, 7) is 12.9. The first-order valence-corrected chi connectivity index (χ1v) is 19.7. The summed E-state index contributed by atoms with van der Waals surface area (Å²) in [6, 6.07) is 0. The lowest BCUT2D eigenvalue weighted by Gasteiger charge is -2.13. The van der Waals surface area contributed by atoms with Gasteiger partial charge in [-0.1, -0.05) is 123 Å². The number of carbonyl (C=O) groups is 3. The topological polar surface area (TPSA) is 109 Å². The number of rotatable bonds is 33. The Morgan fingerprint density at radius 2 is 1.00 bits per heavy atom. The fraction of sp³-hybridized carbons (Fsp3) is 0.878. The molecule has 0 heterocycles. The van der Waals surface area contributed by atoms with Crippen LogP contribution in [-0.4, -0.2) is 84.7 Å². The lowest BCUT2D eigenvalue weighted by atomic mass is 10.0. The Labute approximate surface area is 308 Å². The van der Waals surface area contributed by atoms with E-state index in [-0.39, 0.29) is 23.8 Å². The summed E-state index contributed by atoms with van der Waals surface area (Å²) in [4.78, 5) is 32.1. The fourth-order valence-electron chi connectivity index (χ4n) is 5.18. The van der Waals surface area contributed by atoms with Crippen molar-refractivity contribution in [2.75, 3.05) is 54.8 Å². The fourth-order valence-corrected chi connectivity index (χ4v) is 5.18. The molecule has 50 heavy (non-hydrogen) atoms. The molecule has 0 radical (unpaired) electrons. The van der Waals surface area contributed by atoms with Crippen LogP contribution >= 0.6 is 0 Å². The van der Waals surface area contributed by atoms with Gasteiger partial charge >= 0.3 is 5.97 Å². The van der Waals surface area contributed by atoms with E-state index in [0.29, 0.717) is 37.7 Å². The molecule has 0 bridgehead atoms. The monoisotopic (exact) mass is 716 g/mol. The second-order valence-electron chi connectivity index (χ2n) is 13.4. The minimum absolute atomic E-state index is 0.0297. The molecule has 9 nitrogen and oxygen atoms in total. The van der Waals surface area contributed by atoms with E-state index in [9.17, 15) is 14.4 Å². The summed E-state index contributed by atoms with van der Waals surface area (Å²) in [7, 11) is 6.74. The summed E-state index contributed by atoms with van der Waals surface area (Å²) >= 11 is 0. The van der Waals surface area contributed by atoms with Crippen LogP contribution in [0.15, 0.2) is 12.2 Å². The molecule has 0 spiro atoms. The minimum Gasteiger partial charge on any atom is -0.462 e. The van der Waals surface area contributed by atoms with Crippen molar-refractivity contribution in [3.8, 4) is 0 Å². The quantitative estimate of drug-likeness (QED) is 0.0406. The van der Waals surface area contributed by atoms with Crippen molar-refractivity contribution in [2.45, 2.75) is 181 Å². The van der Waals surface area contributed by atoms with Crippen LogP contribution in [0.2, 0.25) is 0 Å². The molecule has 2 unspecified atom stereocenters. The molecular weight excluding hydrogens is 634 g/mol. The van der Waals surface area contributed by atoms with Gasteiger partial charge in [-0.15, -0.1) is 0 Å². The van der Waals surface area contributed by atoms with Crippen LogP contribution in [0.4, 0.5) is 0 Å². The van der Waals surface area contributed by atoms with Crippen molar-refractivity contribution in [1.82, 2.24) is 5.32 Å². The molecule has 0 saturated heterocycles. The Morgan fingerprint density at radius 1 is 0.580 bits per heavy atom. The standard InChI is InChI=1S/C20H42O2.C11H21NO2.C10H18O4/c1-4-5-6-7-8-9-10-11-12-13-14-15-16-17-18-20(22-3)19-21-2;1-10(13)8-6-4-3-5-7-9-12-11(2)14;1-8(2)10(11)14-6-5-9(13-4)7-12-3/h20H,4-19H2,1-3H3;3-9H2,1-2H3,(H,12,14);9H,1,5-7H2,2-4H3. The maximum absolute atomic E-state index is 11.0.